The van der Waals surface area contributed by atoms with Gasteiger partial charge in [-0.25, -0.2) is 0 Å². The van der Waals surface area contributed by atoms with Gasteiger partial charge in [-0.05, 0) is 38.8 Å². The third-order valence-corrected chi connectivity index (χ3v) is 3.40. The van der Waals surface area contributed by atoms with Crippen molar-refractivity contribution in [1.82, 2.24) is 5.32 Å². The Kier molecular flexibility index (Phi) is 21.7. The molecule has 1 rings (SSSR count). The molecule has 0 radical (unpaired) electrons. The summed E-state index contributed by atoms with van der Waals surface area (Å²) in [7, 11) is 0. The van der Waals surface area contributed by atoms with E-state index < -0.39 is 48.3 Å². The zero-order valence-electron chi connectivity index (χ0n) is 17.5. The van der Waals surface area contributed by atoms with Gasteiger partial charge < -0.3 is 48.7 Å². The van der Waals surface area contributed by atoms with E-state index >= 15 is 0 Å². The fraction of sp³-hybridized carbons (Fsp3) is 0.706. The van der Waals surface area contributed by atoms with Crippen LogP contribution < -0.4 is 28.3 Å². The number of rotatable bonds is 9. The Balaban J connectivity index is -0.000000350. The second-order valence-corrected chi connectivity index (χ2v) is 6.34. The van der Waals surface area contributed by atoms with Crippen LogP contribution in [0.3, 0.4) is 0 Å². The number of carboxylic acid groups (broad SMARTS) is 4. The summed E-state index contributed by atoms with van der Waals surface area (Å²) in [4.78, 5) is 49.1. The standard InChI is InChI=1S/C6H15N3O.C5H9NO2.C4H7NO4.C2H4O2/c7-4-2-1-3-5(8)6(9)10;7-5(8)4-2-1-3-6-4;5-2(4(8)9)1-3(6)7;1-2(3)4/h5H,1-4,7-8H2,(H2,9,10);4,6H,1-3H2,(H,7,8);2H,1,5H2,(H,6,7)(H,8,9);1H3,(H,3,4)/t5-;4-;2-;/m000./s1. The smallest absolute Gasteiger partial charge is 0.321 e. The highest BCUT2D eigenvalue weighted by Crippen LogP contribution is 2.03. The maximum absolute atomic E-state index is 10.4. The highest BCUT2D eigenvalue weighted by Gasteiger charge is 2.20. The molecule has 1 heterocycles. The lowest BCUT2D eigenvalue weighted by Gasteiger charge is -2.04. The van der Waals surface area contributed by atoms with E-state index in [9.17, 15) is 19.2 Å². The number of carbonyl (C=O) groups excluding carboxylic acids is 1. The maximum atomic E-state index is 10.4. The van der Waals surface area contributed by atoms with Crippen LogP contribution >= 0.6 is 0 Å². The van der Waals surface area contributed by atoms with Gasteiger partial charge in [-0.3, -0.25) is 24.0 Å². The molecule has 13 N–H and O–H groups in total. The van der Waals surface area contributed by atoms with Crippen molar-refractivity contribution in [3.05, 3.63) is 0 Å². The molecule has 1 aliphatic rings. The second-order valence-electron chi connectivity index (χ2n) is 6.34. The number of hydrogen-bond acceptors (Lipinski definition) is 9. The Morgan fingerprint density at radius 3 is 1.74 bits per heavy atom. The molecule has 1 saturated heterocycles. The van der Waals surface area contributed by atoms with Gasteiger partial charge in [0.25, 0.3) is 5.97 Å². The Bertz CT molecular complexity index is 550. The summed E-state index contributed by atoms with van der Waals surface area (Å²) in [5, 5.41) is 34.7. The Labute approximate surface area is 179 Å². The molecule has 0 spiro atoms. The van der Waals surface area contributed by atoms with E-state index in [1.807, 2.05) is 0 Å². The predicted molar refractivity (Wildman–Crippen MR) is 110 cm³/mol. The third kappa shape index (κ3) is 27.2. The fourth-order valence-corrected chi connectivity index (χ4v) is 1.82. The van der Waals surface area contributed by atoms with Crippen LogP contribution in [0, 0.1) is 0 Å². The summed E-state index contributed by atoms with van der Waals surface area (Å²) in [6.07, 6.45) is 3.68. The molecular formula is C17H35N5O9. The largest absolute Gasteiger partial charge is 0.481 e. The van der Waals surface area contributed by atoms with Crippen LogP contribution in [0.25, 0.3) is 0 Å². The van der Waals surface area contributed by atoms with E-state index in [4.69, 9.17) is 48.2 Å². The number of nitrogens with one attached hydrogen (secondary N) is 1. The first-order valence-electron chi connectivity index (χ1n) is 9.37. The first-order chi connectivity index (χ1) is 14.3. The number of carboxylic acids is 4. The van der Waals surface area contributed by atoms with Gasteiger partial charge >= 0.3 is 17.9 Å². The minimum atomic E-state index is -1.29. The molecule has 14 nitrogen and oxygen atoms in total. The number of unbranched alkanes of at least 4 members (excludes halogenated alkanes) is 1. The van der Waals surface area contributed by atoms with Crippen molar-refractivity contribution >= 4 is 29.8 Å². The summed E-state index contributed by atoms with van der Waals surface area (Å²) in [5.74, 6) is -4.48. The molecule has 31 heavy (non-hydrogen) atoms. The van der Waals surface area contributed by atoms with E-state index in [2.05, 4.69) is 5.32 Å². The Hall–Kier alpha value is -2.81. The molecular weight excluding hydrogens is 418 g/mol. The van der Waals surface area contributed by atoms with Crippen molar-refractivity contribution in [2.75, 3.05) is 13.1 Å². The molecule has 0 unspecified atom stereocenters. The van der Waals surface area contributed by atoms with Crippen LogP contribution in [0.5, 0.6) is 0 Å². The highest BCUT2D eigenvalue weighted by molar-refractivity contribution is 5.80. The zero-order chi connectivity index (χ0) is 25.0. The highest BCUT2D eigenvalue weighted by atomic mass is 16.4. The Morgan fingerprint density at radius 2 is 1.52 bits per heavy atom. The number of nitrogens with two attached hydrogens (primary N) is 4. The van der Waals surface area contributed by atoms with E-state index in [0.717, 1.165) is 39.2 Å². The van der Waals surface area contributed by atoms with Crippen LogP contribution in [0.2, 0.25) is 0 Å². The lowest BCUT2D eigenvalue weighted by molar-refractivity contribution is -0.144. The van der Waals surface area contributed by atoms with E-state index in [1.54, 1.807) is 0 Å². The molecule has 0 aromatic rings. The van der Waals surface area contributed by atoms with Crippen molar-refractivity contribution in [1.29, 1.82) is 0 Å². The maximum Gasteiger partial charge on any atom is 0.321 e. The SMILES string of the molecule is CC(=O)O.NCCCC[C@H](N)C(N)=O.N[C@@H](CC(=O)O)C(=O)O.O=C(O)[C@@H]1CCCN1. The zero-order valence-corrected chi connectivity index (χ0v) is 17.5. The van der Waals surface area contributed by atoms with E-state index in [1.165, 1.54) is 0 Å². The van der Waals surface area contributed by atoms with Gasteiger partial charge in [0, 0.05) is 6.92 Å². The Morgan fingerprint density at radius 1 is 1.00 bits per heavy atom. The van der Waals surface area contributed by atoms with Crippen LogP contribution in [-0.4, -0.2) is 81.4 Å². The van der Waals surface area contributed by atoms with Crippen molar-refractivity contribution in [2.24, 2.45) is 22.9 Å². The molecule has 182 valence electrons. The van der Waals surface area contributed by atoms with Crippen molar-refractivity contribution in [3.8, 4) is 0 Å². The van der Waals surface area contributed by atoms with Crippen LogP contribution in [0.1, 0.15) is 45.4 Å². The normalized spacial score (nSPS) is 15.9. The van der Waals surface area contributed by atoms with Gasteiger partial charge in [-0.2, -0.15) is 0 Å². The third-order valence-electron chi connectivity index (χ3n) is 3.40. The minimum absolute atomic E-state index is 0.269. The van der Waals surface area contributed by atoms with Crippen molar-refractivity contribution in [2.45, 2.75) is 63.6 Å². The second kappa shape index (κ2) is 20.5. The van der Waals surface area contributed by atoms with Gasteiger partial charge in [0.15, 0.2) is 0 Å². The molecule has 1 amide bonds. The molecule has 0 saturated carbocycles. The van der Waals surface area contributed by atoms with Gasteiger partial charge in [0.1, 0.15) is 12.1 Å². The van der Waals surface area contributed by atoms with Crippen molar-refractivity contribution < 1.29 is 44.4 Å². The number of hydrogen-bond donors (Lipinski definition) is 9. The molecule has 0 aromatic carbocycles. The van der Waals surface area contributed by atoms with Gasteiger partial charge in [0.05, 0.1) is 12.5 Å². The molecule has 3 atom stereocenters. The first-order valence-corrected chi connectivity index (χ1v) is 9.37. The molecule has 1 fully saturated rings. The number of primary amides is 1. The fourth-order valence-electron chi connectivity index (χ4n) is 1.82. The quantitative estimate of drug-likeness (QED) is 0.166. The lowest BCUT2D eigenvalue weighted by Crippen LogP contribution is -2.36. The van der Waals surface area contributed by atoms with Crippen LogP contribution in [0.4, 0.5) is 0 Å². The summed E-state index contributed by atoms with van der Waals surface area (Å²) in [6.45, 7) is 2.59. The summed E-state index contributed by atoms with van der Waals surface area (Å²) in [6, 6.07) is -2.05. The molecule has 14 heteroatoms. The predicted octanol–water partition coefficient (Wildman–Crippen LogP) is -2.29. The molecule has 0 aliphatic carbocycles. The monoisotopic (exact) mass is 453 g/mol. The molecule has 1 aliphatic heterocycles. The summed E-state index contributed by atoms with van der Waals surface area (Å²) in [5.41, 5.74) is 20.3. The number of amides is 1. The van der Waals surface area contributed by atoms with Gasteiger partial charge in [0.2, 0.25) is 5.91 Å². The number of aliphatic carboxylic acids is 4. The summed E-state index contributed by atoms with van der Waals surface area (Å²) >= 11 is 0. The van der Waals surface area contributed by atoms with Gasteiger partial charge in [-0.1, -0.05) is 6.42 Å². The van der Waals surface area contributed by atoms with E-state index in [-0.39, 0.29) is 6.04 Å². The first kappa shape index (κ1) is 32.8. The topological polar surface area (TPSA) is 282 Å². The molecule has 0 bridgehead atoms. The number of carbonyl (C=O) groups is 5. The summed E-state index contributed by atoms with van der Waals surface area (Å²) < 4.78 is 0. The van der Waals surface area contributed by atoms with E-state index in [0.29, 0.717) is 13.0 Å². The minimum Gasteiger partial charge on any atom is -0.481 e. The van der Waals surface area contributed by atoms with Crippen molar-refractivity contribution in [3.63, 3.8) is 0 Å². The average molecular weight is 453 g/mol. The molecule has 0 aromatic heterocycles. The van der Waals surface area contributed by atoms with Crippen LogP contribution in [0.15, 0.2) is 0 Å². The van der Waals surface area contributed by atoms with Crippen LogP contribution in [-0.2, 0) is 24.0 Å². The average Bonchev–Trinajstić information content (AvgIpc) is 3.16. The lowest BCUT2D eigenvalue weighted by atomic mass is 10.1. The van der Waals surface area contributed by atoms with Gasteiger partial charge in [-0.15, -0.1) is 0 Å².